The van der Waals surface area contributed by atoms with E-state index in [1.54, 1.807) is 6.33 Å². The van der Waals surface area contributed by atoms with Gasteiger partial charge in [-0.1, -0.05) is 13.8 Å². The van der Waals surface area contributed by atoms with E-state index in [-0.39, 0.29) is 0 Å². The number of nitrogens with zero attached hydrogens (tertiary/aromatic N) is 2. The molecular weight excluding hydrogens is 176 g/mol. The summed E-state index contributed by atoms with van der Waals surface area (Å²) in [7, 11) is 0. The molecule has 0 saturated carbocycles. The van der Waals surface area contributed by atoms with Crippen molar-refractivity contribution in [2.45, 2.75) is 13.8 Å². The van der Waals surface area contributed by atoms with Gasteiger partial charge in [-0.15, -0.1) is 0 Å². The first-order valence-electron chi connectivity index (χ1n) is 4.79. The summed E-state index contributed by atoms with van der Waals surface area (Å²) in [4.78, 5) is 11.4. The average Bonchev–Trinajstić information content (AvgIpc) is 2.62. The van der Waals surface area contributed by atoms with Crippen LogP contribution >= 0.6 is 0 Å². The molecule has 0 atom stereocenters. The van der Waals surface area contributed by atoms with Crippen molar-refractivity contribution in [1.82, 2.24) is 15.0 Å². The van der Waals surface area contributed by atoms with Crippen LogP contribution in [0.3, 0.4) is 0 Å². The number of hydrogen-bond acceptors (Lipinski definition) is 3. The summed E-state index contributed by atoms with van der Waals surface area (Å²) >= 11 is 0. The minimum atomic E-state index is 0.610. The highest BCUT2D eigenvalue weighted by Gasteiger charge is 2.03. The number of hydrogen-bond donors (Lipinski definition) is 2. The van der Waals surface area contributed by atoms with Crippen LogP contribution in [0.15, 0.2) is 18.6 Å². The Kier molecular flexibility index (Phi) is 2.35. The highest BCUT2D eigenvalue weighted by molar-refractivity contribution is 5.86. The van der Waals surface area contributed by atoms with E-state index in [1.165, 1.54) is 0 Å². The Morgan fingerprint density at radius 3 is 3.07 bits per heavy atom. The fraction of sp³-hybridized carbons (Fsp3) is 0.400. The Morgan fingerprint density at radius 2 is 2.29 bits per heavy atom. The Balaban J connectivity index is 2.27. The molecule has 2 N–H and O–H groups in total. The van der Waals surface area contributed by atoms with Crippen molar-refractivity contribution in [3.8, 4) is 0 Å². The number of aromatic amines is 1. The van der Waals surface area contributed by atoms with Gasteiger partial charge in [0.1, 0.15) is 17.8 Å². The second-order valence-electron chi connectivity index (χ2n) is 3.74. The van der Waals surface area contributed by atoms with E-state index >= 15 is 0 Å². The van der Waals surface area contributed by atoms with Crippen LogP contribution in [0.5, 0.6) is 0 Å². The van der Waals surface area contributed by atoms with Gasteiger partial charge in [0.25, 0.3) is 0 Å². The van der Waals surface area contributed by atoms with Crippen molar-refractivity contribution in [1.29, 1.82) is 0 Å². The summed E-state index contributed by atoms with van der Waals surface area (Å²) in [5, 5.41) is 4.35. The fourth-order valence-corrected chi connectivity index (χ4v) is 1.31. The van der Waals surface area contributed by atoms with Gasteiger partial charge in [0.15, 0.2) is 0 Å². The van der Waals surface area contributed by atoms with E-state index in [0.717, 1.165) is 23.4 Å². The zero-order valence-electron chi connectivity index (χ0n) is 8.41. The molecule has 0 aromatic carbocycles. The zero-order valence-corrected chi connectivity index (χ0v) is 8.41. The van der Waals surface area contributed by atoms with Crippen molar-refractivity contribution in [2.24, 2.45) is 5.92 Å². The first kappa shape index (κ1) is 8.99. The van der Waals surface area contributed by atoms with Gasteiger partial charge in [0.05, 0.1) is 5.39 Å². The van der Waals surface area contributed by atoms with Gasteiger partial charge in [-0.2, -0.15) is 0 Å². The van der Waals surface area contributed by atoms with E-state index in [2.05, 4.69) is 34.1 Å². The number of H-pyrrole nitrogens is 1. The molecule has 0 aliphatic heterocycles. The lowest BCUT2D eigenvalue weighted by molar-refractivity contribution is 0.687. The molecule has 14 heavy (non-hydrogen) atoms. The van der Waals surface area contributed by atoms with Crippen molar-refractivity contribution in [3.05, 3.63) is 18.6 Å². The second-order valence-corrected chi connectivity index (χ2v) is 3.74. The Morgan fingerprint density at radius 1 is 1.43 bits per heavy atom. The Labute approximate surface area is 82.8 Å². The molecule has 0 amide bonds. The molecule has 74 valence electrons. The Bertz CT molecular complexity index is 419. The number of anilines is 1. The van der Waals surface area contributed by atoms with Crippen molar-refractivity contribution < 1.29 is 0 Å². The lowest BCUT2D eigenvalue weighted by atomic mass is 10.2. The summed E-state index contributed by atoms with van der Waals surface area (Å²) in [5.74, 6) is 1.52. The van der Waals surface area contributed by atoms with Crippen LogP contribution in [0, 0.1) is 5.92 Å². The minimum Gasteiger partial charge on any atom is -0.369 e. The third kappa shape index (κ3) is 1.69. The van der Waals surface area contributed by atoms with Crippen LogP contribution in [0.1, 0.15) is 13.8 Å². The third-order valence-corrected chi connectivity index (χ3v) is 2.03. The van der Waals surface area contributed by atoms with Gasteiger partial charge in [-0.25, -0.2) is 9.97 Å². The summed E-state index contributed by atoms with van der Waals surface area (Å²) in [6.07, 6.45) is 3.45. The maximum atomic E-state index is 4.21. The fourth-order valence-electron chi connectivity index (χ4n) is 1.31. The van der Waals surface area contributed by atoms with Gasteiger partial charge in [-0.05, 0) is 12.0 Å². The van der Waals surface area contributed by atoms with E-state index in [4.69, 9.17) is 0 Å². The molecule has 0 spiro atoms. The monoisotopic (exact) mass is 190 g/mol. The van der Waals surface area contributed by atoms with E-state index in [9.17, 15) is 0 Å². The largest absolute Gasteiger partial charge is 0.369 e. The number of nitrogens with one attached hydrogen (secondary N) is 2. The average molecular weight is 190 g/mol. The molecule has 2 rings (SSSR count). The molecule has 0 saturated heterocycles. The minimum absolute atomic E-state index is 0.610. The van der Waals surface area contributed by atoms with Crippen molar-refractivity contribution in [2.75, 3.05) is 11.9 Å². The molecule has 0 bridgehead atoms. The first-order chi connectivity index (χ1) is 6.77. The highest BCUT2D eigenvalue weighted by Crippen LogP contribution is 2.17. The van der Waals surface area contributed by atoms with Crippen molar-refractivity contribution >= 4 is 16.9 Å². The third-order valence-electron chi connectivity index (χ3n) is 2.03. The number of rotatable bonds is 3. The lowest BCUT2D eigenvalue weighted by Crippen LogP contribution is -2.09. The number of fused-ring (bicyclic) bond motifs is 1. The molecule has 0 fully saturated rings. The maximum Gasteiger partial charge on any atom is 0.142 e. The molecule has 2 aromatic heterocycles. The molecule has 0 aliphatic rings. The van der Waals surface area contributed by atoms with Crippen LogP contribution in [0.2, 0.25) is 0 Å². The van der Waals surface area contributed by atoms with E-state index < -0.39 is 0 Å². The summed E-state index contributed by atoms with van der Waals surface area (Å²) < 4.78 is 0. The van der Waals surface area contributed by atoms with Gasteiger partial charge >= 0.3 is 0 Å². The van der Waals surface area contributed by atoms with Crippen LogP contribution in [0.4, 0.5) is 5.82 Å². The van der Waals surface area contributed by atoms with Crippen LogP contribution in [-0.4, -0.2) is 21.5 Å². The van der Waals surface area contributed by atoms with Gasteiger partial charge in [0.2, 0.25) is 0 Å². The van der Waals surface area contributed by atoms with E-state index in [1.807, 2.05) is 12.3 Å². The SMILES string of the molecule is CC(C)CNc1ncnc2[nH]ccc12. The molecule has 2 heterocycles. The summed E-state index contributed by atoms with van der Waals surface area (Å²) in [6, 6.07) is 1.98. The molecule has 4 nitrogen and oxygen atoms in total. The van der Waals surface area contributed by atoms with E-state index in [0.29, 0.717) is 5.92 Å². The topological polar surface area (TPSA) is 53.6 Å². The van der Waals surface area contributed by atoms with Crippen LogP contribution < -0.4 is 5.32 Å². The lowest BCUT2D eigenvalue weighted by Gasteiger charge is -2.08. The second kappa shape index (κ2) is 3.65. The predicted molar refractivity (Wildman–Crippen MR) is 57.2 cm³/mol. The molecular formula is C10H14N4. The highest BCUT2D eigenvalue weighted by atomic mass is 15.0. The van der Waals surface area contributed by atoms with Crippen LogP contribution in [0.25, 0.3) is 11.0 Å². The molecule has 0 radical (unpaired) electrons. The summed E-state index contributed by atoms with van der Waals surface area (Å²) in [5.41, 5.74) is 0.881. The smallest absolute Gasteiger partial charge is 0.142 e. The zero-order chi connectivity index (χ0) is 9.97. The number of aromatic nitrogens is 3. The first-order valence-corrected chi connectivity index (χ1v) is 4.79. The quantitative estimate of drug-likeness (QED) is 0.778. The molecule has 0 unspecified atom stereocenters. The van der Waals surface area contributed by atoms with Crippen molar-refractivity contribution in [3.63, 3.8) is 0 Å². The van der Waals surface area contributed by atoms with Gasteiger partial charge in [-0.3, -0.25) is 0 Å². The Hall–Kier alpha value is -1.58. The predicted octanol–water partition coefficient (Wildman–Crippen LogP) is 2.03. The standard InChI is InChI=1S/C10H14N4/c1-7(2)5-12-10-8-3-4-11-9(8)13-6-14-10/h3-4,6-7H,5H2,1-2H3,(H2,11,12,13,14). The maximum absolute atomic E-state index is 4.21. The van der Waals surface area contributed by atoms with Gasteiger partial charge in [0, 0.05) is 12.7 Å². The molecule has 0 aliphatic carbocycles. The summed E-state index contributed by atoms with van der Waals surface area (Å²) in [6.45, 7) is 5.27. The molecule has 2 aromatic rings. The van der Waals surface area contributed by atoms with Crippen LogP contribution in [-0.2, 0) is 0 Å². The normalized spacial score (nSPS) is 11.1. The van der Waals surface area contributed by atoms with Gasteiger partial charge < -0.3 is 10.3 Å². The molecule has 4 heteroatoms.